The second kappa shape index (κ2) is 8.26. The van der Waals surface area contributed by atoms with Crippen LogP contribution in [0.2, 0.25) is 0 Å². The topological polar surface area (TPSA) is 0 Å². The third kappa shape index (κ3) is 14.5. The predicted octanol–water partition coefficient (Wildman–Crippen LogP) is 3.91. The molecule has 0 radical (unpaired) electrons. The Morgan fingerprint density at radius 3 is 1.31 bits per heavy atom. The average Bonchev–Trinajstić information content (AvgIpc) is 2.07. The molecule has 0 bridgehead atoms. The van der Waals surface area contributed by atoms with Crippen LogP contribution >= 0.6 is 0 Å². The lowest BCUT2D eigenvalue weighted by Gasteiger charge is -2.02. The van der Waals surface area contributed by atoms with Crippen LogP contribution in [0.4, 0.5) is 22.0 Å². The van der Waals surface area contributed by atoms with E-state index in [1.54, 1.807) is 0 Å². The van der Waals surface area contributed by atoms with Crippen LogP contribution in [-0.4, -0.2) is 19.5 Å². The molecule has 0 aromatic carbocycles. The third-order valence-corrected chi connectivity index (χ3v) is 1.52. The highest BCUT2D eigenvalue weighted by Crippen LogP contribution is 2.13. The largest absolute Gasteiger partial charge is 0.416 e. The van der Waals surface area contributed by atoms with Crippen molar-refractivity contribution in [3.8, 4) is 0 Å². The minimum Gasteiger partial charge on any atom is -0.251 e. The lowest BCUT2D eigenvalue weighted by molar-refractivity contribution is -0.142. The Morgan fingerprint density at radius 2 is 1.31 bits per heavy atom. The van der Waals surface area contributed by atoms with Crippen LogP contribution in [-0.2, 0) is 0 Å². The average molecular weight is 206 g/mol. The number of halogens is 5. The molecule has 0 aliphatic rings. The van der Waals surface area contributed by atoms with E-state index in [2.05, 4.69) is 0 Å². The summed E-state index contributed by atoms with van der Waals surface area (Å²) in [5.74, 6) is 0.319. The van der Waals surface area contributed by atoms with Crippen molar-refractivity contribution >= 4 is 0 Å². The highest BCUT2D eigenvalue weighted by atomic mass is 19.4. The molecule has 0 heterocycles. The van der Waals surface area contributed by atoms with E-state index in [1.165, 1.54) is 0 Å². The minimum atomic E-state index is -4.62. The second-order valence-electron chi connectivity index (χ2n) is 2.59. The van der Waals surface area contributed by atoms with E-state index in [0.29, 0.717) is 5.92 Å². The number of hydrogen-bond acceptors (Lipinski definition) is 0. The quantitative estimate of drug-likeness (QED) is 0.614. The van der Waals surface area contributed by atoms with Gasteiger partial charge in [-0.1, -0.05) is 26.7 Å². The van der Waals surface area contributed by atoms with Gasteiger partial charge in [0.15, 0.2) is 6.67 Å². The van der Waals surface area contributed by atoms with Crippen molar-refractivity contribution in [3.05, 3.63) is 0 Å². The lowest BCUT2D eigenvalue weighted by Crippen LogP contribution is -2.08. The SMILES string of the molecule is CCC(CC)CF.FCC(F)(F)F. The van der Waals surface area contributed by atoms with Crippen LogP contribution in [0, 0.1) is 5.92 Å². The van der Waals surface area contributed by atoms with Gasteiger partial charge in [-0.05, 0) is 5.92 Å². The first-order chi connectivity index (χ1) is 5.91. The molecule has 0 atom stereocenters. The zero-order valence-electron chi connectivity index (χ0n) is 7.80. The van der Waals surface area contributed by atoms with Gasteiger partial charge in [-0.15, -0.1) is 0 Å². The van der Waals surface area contributed by atoms with Crippen LogP contribution in [0.25, 0.3) is 0 Å². The molecule has 0 nitrogen and oxygen atoms in total. The summed E-state index contributed by atoms with van der Waals surface area (Å²) in [5.41, 5.74) is 0. The Balaban J connectivity index is 0. The Labute approximate surface area is 75.1 Å². The van der Waals surface area contributed by atoms with Crippen molar-refractivity contribution in [2.75, 3.05) is 13.3 Å². The normalized spacial score (nSPS) is 11.1. The molecule has 0 fully saturated rings. The van der Waals surface area contributed by atoms with Crippen LogP contribution in [0.5, 0.6) is 0 Å². The molecular formula is C8H15F5. The molecule has 5 heteroatoms. The molecule has 0 aromatic heterocycles. The zero-order valence-corrected chi connectivity index (χ0v) is 7.80. The molecule has 0 aromatic rings. The fraction of sp³-hybridized carbons (Fsp3) is 1.00. The van der Waals surface area contributed by atoms with Crippen molar-refractivity contribution in [2.45, 2.75) is 32.9 Å². The smallest absolute Gasteiger partial charge is 0.251 e. The second-order valence-corrected chi connectivity index (χ2v) is 2.59. The molecule has 0 saturated heterocycles. The van der Waals surface area contributed by atoms with E-state index in [-0.39, 0.29) is 6.67 Å². The summed E-state index contributed by atoms with van der Waals surface area (Å²) in [4.78, 5) is 0. The summed E-state index contributed by atoms with van der Waals surface area (Å²) in [7, 11) is 0. The summed E-state index contributed by atoms with van der Waals surface area (Å²) < 4.78 is 53.3. The van der Waals surface area contributed by atoms with Crippen molar-refractivity contribution < 1.29 is 22.0 Å². The number of rotatable bonds is 3. The highest BCUT2D eigenvalue weighted by molar-refractivity contribution is 4.49. The van der Waals surface area contributed by atoms with Gasteiger partial charge >= 0.3 is 6.18 Å². The Hall–Kier alpha value is -0.350. The maximum atomic E-state index is 11.7. The Morgan fingerprint density at radius 1 is 1.00 bits per heavy atom. The molecule has 82 valence electrons. The fourth-order valence-corrected chi connectivity index (χ4v) is 0.507. The molecule has 0 N–H and O–H groups in total. The maximum Gasteiger partial charge on any atom is 0.416 e. The molecule has 0 aliphatic carbocycles. The minimum absolute atomic E-state index is 0.146. The first-order valence-electron chi connectivity index (χ1n) is 4.09. The van der Waals surface area contributed by atoms with Crippen LogP contribution in [0.1, 0.15) is 26.7 Å². The van der Waals surface area contributed by atoms with Crippen LogP contribution in [0.15, 0.2) is 0 Å². The van der Waals surface area contributed by atoms with E-state index < -0.39 is 12.9 Å². The van der Waals surface area contributed by atoms with Gasteiger partial charge in [-0.3, -0.25) is 4.39 Å². The van der Waals surface area contributed by atoms with Crippen LogP contribution in [0.3, 0.4) is 0 Å². The van der Waals surface area contributed by atoms with Crippen molar-refractivity contribution in [2.24, 2.45) is 5.92 Å². The first-order valence-corrected chi connectivity index (χ1v) is 4.09. The zero-order chi connectivity index (χ0) is 10.9. The summed E-state index contributed by atoms with van der Waals surface area (Å²) in [6, 6.07) is 0. The van der Waals surface area contributed by atoms with Crippen LogP contribution < -0.4 is 0 Å². The Kier molecular flexibility index (Phi) is 9.61. The predicted molar refractivity (Wildman–Crippen MR) is 42.1 cm³/mol. The van der Waals surface area contributed by atoms with Gasteiger partial charge in [0.05, 0.1) is 6.67 Å². The molecule has 0 unspecified atom stereocenters. The van der Waals surface area contributed by atoms with Gasteiger partial charge in [0.1, 0.15) is 0 Å². The van der Waals surface area contributed by atoms with Crippen molar-refractivity contribution in [3.63, 3.8) is 0 Å². The van der Waals surface area contributed by atoms with E-state index in [0.717, 1.165) is 12.8 Å². The number of alkyl halides is 5. The molecular weight excluding hydrogens is 191 g/mol. The van der Waals surface area contributed by atoms with E-state index in [9.17, 15) is 22.0 Å². The molecule has 0 rings (SSSR count). The summed E-state index contributed by atoms with van der Waals surface area (Å²) in [6.07, 6.45) is -2.67. The summed E-state index contributed by atoms with van der Waals surface area (Å²) in [6.45, 7) is 1.67. The van der Waals surface area contributed by atoms with Crippen molar-refractivity contribution in [1.29, 1.82) is 0 Å². The molecule has 0 saturated carbocycles. The van der Waals surface area contributed by atoms with Gasteiger partial charge in [0.25, 0.3) is 0 Å². The lowest BCUT2D eigenvalue weighted by atomic mass is 10.1. The van der Waals surface area contributed by atoms with Gasteiger partial charge in [-0.25, -0.2) is 4.39 Å². The van der Waals surface area contributed by atoms with Gasteiger partial charge in [0, 0.05) is 0 Å². The Bertz CT molecular complexity index is 89.7. The van der Waals surface area contributed by atoms with E-state index in [4.69, 9.17) is 0 Å². The molecule has 0 aliphatic heterocycles. The third-order valence-electron chi connectivity index (χ3n) is 1.52. The molecule has 13 heavy (non-hydrogen) atoms. The first kappa shape index (κ1) is 15.1. The summed E-state index contributed by atoms with van der Waals surface area (Å²) >= 11 is 0. The highest BCUT2D eigenvalue weighted by Gasteiger charge is 2.26. The van der Waals surface area contributed by atoms with E-state index >= 15 is 0 Å². The summed E-state index contributed by atoms with van der Waals surface area (Å²) in [5, 5.41) is 0. The van der Waals surface area contributed by atoms with Gasteiger partial charge < -0.3 is 0 Å². The van der Waals surface area contributed by atoms with Gasteiger partial charge in [-0.2, -0.15) is 13.2 Å². The maximum absolute atomic E-state index is 11.7. The van der Waals surface area contributed by atoms with Gasteiger partial charge in [0.2, 0.25) is 0 Å². The van der Waals surface area contributed by atoms with E-state index in [1.807, 2.05) is 13.8 Å². The number of hydrogen-bond donors (Lipinski definition) is 0. The fourth-order valence-electron chi connectivity index (χ4n) is 0.507. The molecule has 0 amide bonds. The van der Waals surface area contributed by atoms with Crippen molar-refractivity contribution in [1.82, 2.24) is 0 Å². The monoisotopic (exact) mass is 206 g/mol. The molecule has 0 spiro atoms. The standard InChI is InChI=1S/C6H13F.C2H2F4/c1-3-6(4-2)5-7;3-1-2(4,5)6/h6H,3-5H2,1-2H3;1H2.